The van der Waals surface area contributed by atoms with Crippen LogP contribution in [-0.4, -0.2) is 67.8 Å². The van der Waals surface area contributed by atoms with Gasteiger partial charge in [0.15, 0.2) is 11.5 Å². The van der Waals surface area contributed by atoms with E-state index in [0.717, 1.165) is 60.4 Å². The second-order valence-electron chi connectivity index (χ2n) is 15.4. The van der Waals surface area contributed by atoms with Crippen LogP contribution in [0, 0.1) is 17.8 Å². The van der Waals surface area contributed by atoms with E-state index in [-0.39, 0.29) is 23.8 Å². The molecule has 9 nitrogen and oxygen atoms in total. The number of ether oxygens (including phenoxy) is 2. The molecule has 10 heteroatoms. The third kappa shape index (κ3) is 8.15. The lowest BCUT2D eigenvalue weighted by Crippen LogP contribution is -2.44. The van der Waals surface area contributed by atoms with Gasteiger partial charge >= 0.3 is 0 Å². The third-order valence-electron chi connectivity index (χ3n) is 11.2. The number of benzene rings is 2. The van der Waals surface area contributed by atoms with E-state index >= 15 is 0 Å². The maximum absolute atomic E-state index is 14.9. The molecule has 1 N–H and O–H groups in total. The number of hydrogen-bond donors (Lipinski definition) is 1. The van der Waals surface area contributed by atoms with Gasteiger partial charge in [0, 0.05) is 24.7 Å². The van der Waals surface area contributed by atoms with E-state index in [1.54, 1.807) is 7.11 Å². The van der Waals surface area contributed by atoms with Crippen LogP contribution in [-0.2, 0) is 9.59 Å². The molecule has 274 valence electrons. The van der Waals surface area contributed by atoms with Crippen molar-refractivity contribution in [3.63, 3.8) is 0 Å². The summed E-state index contributed by atoms with van der Waals surface area (Å²) in [4.78, 5) is 38.1. The molecule has 2 amide bonds. The number of pyridine rings is 1. The van der Waals surface area contributed by atoms with Crippen LogP contribution in [0.2, 0.25) is 5.02 Å². The number of aromatic nitrogens is 1. The first-order chi connectivity index (χ1) is 24.4. The van der Waals surface area contributed by atoms with Gasteiger partial charge in [0.1, 0.15) is 5.82 Å². The Morgan fingerprint density at radius 1 is 0.961 bits per heavy atom. The van der Waals surface area contributed by atoms with Gasteiger partial charge in [0.2, 0.25) is 11.8 Å². The Labute approximate surface area is 308 Å². The largest absolute Gasteiger partial charge is 0.493 e. The van der Waals surface area contributed by atoms with Gasteiger partial charge in [-0.05, 0) is 117 Å². The van der Waals surface area contributed by atoms with Gasteiger partial charge in [-0.25, -0.2) is 4.98 Å². The maximum atomic E-state index is 14.9. The molecule has 51 heavy (non-hydrogen) atoms. The summed E-state index contributed by atoms with van der Waals surface area (Å²) < 4.78 is 12.1. The van der Waals surface area contributed by atoms with Gasteiger partial charge in [-0.2, -0.15) is 0 Å². The van der Waals surface area contributed by atoms with Crippen LogP contribution in [0.15, 0.2) is 54.7 Å². The van der Waals surface area contributed by atoms with Crippen LogP contribution in [0.3, 0.4) is 0 Å². The fraction of sp³-hybridized carbons (Fsp3) is 0.537. The van der Waals surface area contributed by atoms with Crippen LogP contribution >= 0.6 is 11.6 Å². The summed E-state index contributed by atoms with van der Waals surface area (Å²) in [5.41, 5.74) is 3.70. The lowest BCUT2D eigenvalue weighted by Gasteiger charge is -2.42. The number of hydrogen-bond acceptors (Lipinski definition) is 7. The predicted molar refractivity (Wildman–Crippen MR) is 204 cm³/mol. The van der Waals surface area contributed by atoms with E-state index in [0.29, 0.717) is 60.0 Å². The van der Waals surface area contributed by atoms with Gasteiger partial charge in [0.25, 0.3) is 0 Å². The number of fused-ring (bicyclic) bond motifs is 1. The second-order valence-corrected chi connectivity index (χ2v) is 15.8. The Balaban J connectivity index is 1.31. The smallest absolute Gasteiger partial charge is 0.235 e. The van der Waals surface area contributed by atoms with Crippen LogP contribution in [0.5, 0.6) is 11.5 Å². The van der Waals surface area contributed by atoms with Gasteiger partial charge in [-0.3, -0.25) is 19.4 Å². The zero-order valence-corrected chi connectivity index (χ0v) is 32.0. The molecule has 3 atom stereocenters. The number of anilines is 2. The zero-order chi connectivity index (χ0) is 36.4. The van der Waals surface area contributed by atoms with Crippen molar-refractivity contribution in [2.24, 2.45) is 17.8 Å². The molecule has 3 aromatic rings. The molecule has 2 fully saturated rings. The lowest BCUT2D eigenvalue weighted by molar-refractivity contribution is -0.121. The predicted octanol–water partition coefficient (Wildman–Crippen LogP) is 7.82. The molecule has 6 rings (SSSR count). The number of halogens is 1. The van der Waals surface area contributed by atoms with Crippen molar-refractivity contribution in [2.45, 2.75) is 90.8 Å². The first-order valence-corrected chi connectivity index (χ1v) is 19.0. The summed E-state index contributed by atoms with van der Waals surface area (Å²) in [6.45, 7) is 12.8. The average molecular weight is 716 g/mol. The van der Waals surface area contributed by atoms with E-state index < -0.39 is 6.04 Å². The molecular formula is C41H54ClN5O4. The van der Waals surface area contributed by atoms with Gasteiger partial charge in [0.05, 0.1) is 50.3 Å². The molecule has 1 aliphatic carbocycles. The normalized spacial score (nSPS) is 23.0. The number of carbonyl (C=O) groups excluding carboxylic acids is 2. The van der Waals surface area contributed by atoms with Crippen LogP contribution in [0.4, 0.5) is 11.5 Å². The molecule has 2 aromatic carbocycles. The molecule has 2 aliphatic heterocycles. The standard InChI is InChI=1S/C41H54ClN5O4/c1-25(2)27(5)18-35-33-19-36(50-7)37(51-26(3)4)20-34(33)40(29-10-12-30(42)13-11-29)47(41(35)49)32-16-17-38(43-21-32)45(6)22-28-8-14-31(15-9-28)46-23-39(48)44-24-46/h10-13,16-17,19-21,25-28,31,35,40H,8-9,14-15,18,22-24H2,1-7H3,(H,44,48). The Kier molecular flexibility index (Phi) is 11.5. The molecule has 1 saturated heterocycles. The van der Waals surface area contributed by atoms with Crippen molar-refractivity contribution in [1.82, 2.24) is 15.2 Å². The number of rotatable bonds is 12. The fourth-order valence-corrected chi connectivity index (χ4v) is 8.11. The minimum Gasteiger partial charge on any atom is -0.493 e. The molecule has 0 spiro atoms. The first kappa shape index (κ1) is 37.0. The Hall–Kier alpha value is -3.82. The summed E-state index contributed by atoms with van der Waals surface area (Å²) >= 11 is 6.38. The van der Waals surface area contributed by atoms with Crippen LogP contribution in [0.1, 0.15) is 95.4 Å². The van der Waals surface area contributed by atoms with E-state index in [4.69, 9.17) is 26.1 Å². The quantitative estimate of drug-likeness (QED) is 0.205. The zero-order valence-electron chi connectivity index (χ0n) is 31.2. The molecule has 0 bridgehead atoms. The monoisotopic (exact) mass is 715 g/mol. The second kappa shape index (κ2) is 15.8. The van der Waals surface area contributed by atoms with Crippen molar-refractivity contribution in [1.29, 1.82) is 0 Å². The number of carbonyl (C=O) groups is 2. The highest BCUT2D eigenvalue weighted by Gasteiger charge is 2.43. The van der Waals surface area contributed by atoms with Gasteiger partial charge in [-0.15, -0.1) is 0 Å². The van der Waals surface area contributed by atoms with E-state index in [9.17, 15) is 9.59 Å². The van der Waals surface area contributed by atoms with Crippen molar-refractivity contribution in [3.8, 4) is 11.5 Å². The van der Waals surface area contributed by atoms with Crippen molar-refractivity contribution in [3.05, 3.63) is 76.4 Å². The lowest BCUT2D eigenvalue weighted by atomic mass is 9.76. The van der Waals surface area contributed by atoms with Crippen molar-refractivity contribution >= 4 is 34.9 Å². The topological polar surface area (TPSA) is 87.2 Å². The van der Waals surface area contributed by atoms with Crippen LogP contribution < -0.4 is 24.6 Å². The molecular weight excluding hydrogens is 662 g/mol. The average Bonchev–Trinajstić information content (AvgIpc) is 3.55. The third-order valence-corrected chi connectivity index (χ3v) is 11.5. The minimum atomic E-state index is -0.419. The number of amides is 2. The Bertz CT molecular complexity index is 1670. The summed E-state index contributed by atoms with van der Waals surface area (Å²) in [7, 11) is 3.75. The highest BCUT2D eigenvalue weighted by molar-refractivity contribution is 6.30. The first-order valence-electron chi connectivity index (χ1n) is 18.6. The minimum absolute atomic E-state index is 0.0455. The van der Waals surface area contributed by atoms with Gasteiger partial charge in [-0.1, -0.05) is 44.5 Å². The molecule has 3 unspecified atom stereocenters. The molecule has 3 heterocycles. The van der Waals surface area contributed by atoms with Crippen molar-refractivity contribution in [2.75, 3.05) is 43.7 Å². The Morgan fingerprint density at radius 2 is 1.67 bits per heavy atom. The molecule has 0 radical (unpaired) electrons. The van der Waals surface area contributed by atoms with Gasteiger partial charge < -0.3 is 19.7 Å². The highest BCUT2D eigenvalue weighted by atomic mass is 35.5. The SMILES string of the molecule is COc1cc2c(cc1OC(C)C)C(c1ccc(Cl)cc1)N(c1ccc(N(C)CC3CCC(N4CNC(=O)C4)CC3)nc1)C(=O)C2CC(C)C(C)C. The Morgan fingerprint density at radius 3 is 2.25 bits per heavy atom. The number of nitrogens with one attached hydrogen (secondary N) is 1. The molecule has 1 aromatic heterocycles. The molecule has 1 saturated carbocycles. The fourth-order valence-electron chi connectivity index (χ4n) is 7.99. The van der Waals surface area contributed by atoms with E-state index in [1.165, 1.54) is 0 Å². The highest BCUT2D eigenvalue weighted by Crippen LogP contribution is 2.49. The summed E-state index contributed by atoms with van der Waals surface area (Å²) in [6.07, 6.45) is 6.98. The number of methoxy groups -OCH3 is 1. The summed E-state index contributed by atoms with van der Waals surface area (Å²) in [5, 5.41) is 3.58. The van der Waals surface area contributed by atoms with Crippen molar-refractivity contribution < 1.29 is 19.1 Å². The number of nitrogens with zero attached hydrogens (tertiary/aromatic N) is 4. The van der Waals surface area contributed by atoms with E-state index in [1.807, 2.05) is 67.4 Å². The van der Waals surface area contributed by atoms with E-state index in [2.05, 4.69) is 49.0 Å². The van der Waals surface area contributed by atoms with Crippen LogP contribution in [0.25, 0.3) is 0 Å². The summed E-state index contributed by atoms with van der Waals surface area (Å²) in [5.74, 6) is 3.28. The molecule has 3 aliphatic rings. The summed E-state index contributed by atoms with van der Waals surface area (Å²) in [6, 6.07) is 16.0. The maximum Gasteiger partial charge on any atom is 0.235 e.